The molecule has 1 fully saturated rings. The van der Waals surface area contributed by atoms with Gasteiger partial charge >= 0.3 is 0 Å². The van der Waals surface area contributed by atoms with Gasteiger partial charge in [-0.2, -0.15) is 4.31 Å². The molecule has 1 aromatic rings. The molecule has 1 aromatic carbocycles. The average Bonchev–Trinajstić information content (AvgIpc) is 2.78. The molecule has 1 aliphatic rings. The lowest BCUT2D eigenvalue weighted by Crippen LogP contribution is -2.40. The Kier molecular flexibility index (Phi) is 11.1. The van der Waals surface area contributed by atoms with Crippen molar-refractivity contribution >= 4 is 10.0 Å². The molecule has 0 N–H and O–H groups in total. The van der Waals surface area contributed by atoms with Crippen molar-refractivity contribution in [1.29, 1.82) is 0 Å². The minimum atomic E-state index is -3.47. The second-order valence-electron chi connectivity index (χ2n) is 10.6. The topological polar surface area (TPSA) is 49.9 Å². The molecule has 0 unspecified atom stereocenters. The molecule has 6 heteroatoms. The summed E-state index contributed by atoms with van der Waals surface area (Å²) in [5.74, 6) is 0. The van der Waals surface area contributed by atoms with Gasteiger partial charge in [0.1, 0.15) is 0 Å². The maximum atomic E-state index is 13.1. The maximum Gasteiger partial charge on any atom is 0.243 e. The Hall–Kier alpha value is -1.21. The smallest absolute Gasteiger partial charge is 0.243 e. The van der Waals surface area contributed by atoms with Gasteiger partial charge in [-0.1, -0.05) is 51.8 Å². The molecular weight excluding hydrogens is 432 g/mol. The number of hydrogen-bond donors (Lipinski definition) is 0. The van der Waals surface area contributed by atoms with Crippen LogP contribution in [0.2, 0.25) is 0 Å². The van der Waals surface area contributed by atoms with E-state index in [2.05, 4.69) is 39.3 Å². The zero-order valence-corrected chi connectivity index (χ0v) is 22.4. The summed E-state index contributed by atoms with van der Waals surface area (Å²) in [7, 11) is 0.384. The van der Waals surface area contributed by atoms with Gasteiger partial charge in [-0.3, -0.25) is 0 Å². The highest BCUT2D eigenvalue weighted by Crippen LogP contribution is 2.29. The maximum absolute atomic E-state index is 13.1. The van der Waals surface area contributed by atoms with E-state index in [1.54, 1.807) is 23.5 Å². The summed E-state index contributed by atoms with van der Waals surface area (Å²) in [5, 5.41) is 0. The predicted octanol–water partition coefficient (Wildman–Crippen LogP) is 5.61. The largest absolute Gasteiger partial charge is 0.378 e. The monoisotopic (exact) mass is 478 g/mol. The second-order valence-corrected chi connectivity index (χ2v) is 12.6. The molecule has 33 heavy (non-hydrogen) atoms. The summed E-state index contributed by atoms with van der Waals surface area (Å²) in [4.78, 5) is 2.67. The summed E-state index contributed by atoms with van der Waals surface area (Å²) >= 11 is 0. The Morgan fingerprint density at radius 3 is 2.18 bits per heavy atom. The van der Waals surface area contributed by atoms with E-state index in [-0.39, 0.29) is 17.6 Å². The van der Waals surface area contributed by atoms with Crippen molar-refractivity contribution in [3.63, 3.8) is 0 Å². The molecule has 5 nitrogen and oxygen atoms in total. The average molecular weight is 479 g/mol. The van der Waals surface area contributed by atoms with Crippen LogP contribution in [-0.2, 0) is 20.2 Å². The third-order valence-corrected chi connectivity index (χ3v) is 8.71. The fourth-order valence-electron chi connectivity index (χ4n) is 4.46. The van der Waals surface area contributed by atoms with Crippen LogP contribution in [0.4, 0.5) is 0 Å². The van der Waals surface area contributed by atoms with Crippen molar-refractivity contribution in [2.24, 2.45) is 0 Å². The summed E-state index contributed by atoms with van der Waals surface area (Å²) in [5.41, 5.74) is 1.15. The summed E-state index contributed by atoms with van der Waals surface area (Å²) in [6, 6.07) is 7.41. The Morgan fingerprint density at radius 1 is 1.00 bits per heavy atom. The van der Waals surface area contributed by atoms with Crippen molar-refractivity contribution in [1.82, 2.24) is 9.21 Å². The van der Waals surface area contributed by atoms with E-state index in [4.69, 9.17) is 4.74 Å². The Morgan fingerprint density at radius 2 is 1.61 bits per heavy atom. The lowest BCUT2D eigenvalue weighted by atomic mass is 9.87. The molecule has 2 rings (SSSR count). The molecule has 0 amide bonds. The predicted molar refractivity (Wildman–Crippen MR) is 138 cm³/mol. The van der Waals surface area contributed by atoms with Crippen LogP contribution in [0, 0.1) is 0 Å². The van der Waals surface area contributed by atoms with E-state index in [1.165, 1.54) is 19.3 Å². The molecule has 0 heterocycles. The minimum Gasteiger partial charge on any atom is -0.378 e. The van der Waals surface area contributed by atoms with Gasteiger partial charge in [-0.15, -0.1) is 6.58 Å². The fourth-order valence-corrected chi connectivity index (χ4v) is 5.88. The number of ether oxygens (including phenoxy) is 1. The number of benzene rings is 1. The van der Waals surface area contributed by atoms with Crippen molar-refractivity contribution in [3.8, 4) is 0 Å². The summed E-state index contributed by atoms with van der Waals surface area (Å²) < 4.78 is 34.0. The highest BCUT2D eigenvalue weighted by molar-refractivity contribution is 7.89. The van der Waals surface area contributed by atoms with Crippen molar-refractivity contribution in [3.05, 3.63) is 42.5 Å². The first kappa shape index (κ1) is 28.0. The number of hydrogen-bond acceptors (Lipinski definition) is 4. The van der Waals surface area contributed by atoms with Crippen LogP contribution < -0.4 is 0 Å². The second kappa shape index (κ2) is 13.0. The van der Waals surface area contributed by atoms with Crippen molar-refractivity contribution in [2.75, 3.05) is 33.8 Å². The highest BCUT2D eigenvalue weighted by atomic mass is 32.2. The first-order valence-corrected chi connectivity index (χ1v) is 14.0. The number of likely N-dealkylation sites (N-methyl/N-ethyl adjacent to an activating group) is 1. The van der Waals surface area contributed by atoms with Crippen LogP contribution in [0.5, 0.6) is 0 Å². The van der Waals surface area contributed by atoms with Crippen molar-refractivity contribution < 1.29 is 13.2 Å². The van der Waals surface area contributed by atoms with Crippen LogP contribution >= 0.6 is 0 Å². The molecule has 0 bridgehead atoms. The molecule has 0 radical (unpaired) electrons. The van der Waals surface area contributed by atoms with Gasteiger partial charge in [-0.05, 0) is 75.2 Å². The molecule has 0 atom stereocenters. The molecule has 0 aromatic heterocycles. The molecule has 0 saturated heterocycles. The van der Waals surface area contributed by atoms with Crippen LogP contribution in [-0.4, -0.2) is 63.6 Å². The standard InChI is InChI=1S/C27H46N2O3S/c1-7-20-28(5)21-10-8-9-11-22-32-25-16-14-24(15-17-25)29(6)33(30,31)26-18-12-23(13-19-26)27(2,3)4/h7,12-13,18-19,24-25H,1,8-11,14-17,20-22H2,2-6H3. The number of sulfonamides is 1. The zero-order valence-electron chi connectivity index (χ0n) is 21.6. The molecular formula is C27H46N2O3S. The van der Waals surface area contributed by atoms with E-state index in [9.17, 15) is 8.42 Å². The Bertz CT molecular complexity index is 807. The third kappa shape index (κ3) is 8.82. The van der Waals surface area contributed by atoms with Crippen LogP contribution in [0.15, 0.2) is 41.8 Å². The number of unbranched alkanes of at least 4 members (excludes halogenated alkanes) is 3. The Labute approximate surface area is 203 Å². The van der Waals surface area contributed by atoms with E-state index in [0.29, 0.717) is 4.90 Å². The van der Waals surface area contributed by atoms with Gasteiger partial charge in [0.05, 0.1) is 11.0 Å². The number of nitrogens with zero attached hydrogens (tertiary/aromatic N) is 2. The van der Waals surface area contributed by atoms with Gasteiger partial charge in [-0.25, -0.2) is 8.42 Å². The quantitative estimate of drug-likeness (QED) is 0.273. The normalized spacial score (nSPS) is 19.8. The van der Waals surface area contributed by atoms with E-state index < -0.39 is 10.0 Å². The lowest BCUT2D eigenvalue weighted by Gasteiger charge is -2.34. The summed E-state index contributed by atoms with van der Waals surface area (Å²) in [6.45, 7) is 13.1. The first-order chi connectivity index (χ1) is 15.6. The van der Waals surface area contributed by atoms with Gasteiger partial charge in [0.25, 0.3) is 0 Å². The molecule has 1 saturated carbocycles. The minimum absolute atomic E-state index is 0.00863. The number of rotatable bonds is 13. The third-order valence-electron chi connectivity index (χ3n) is 6.78. The van der Waals surface area contributed by atoms with E-state index in [1.807, 2.05) is 18.2 Å². The molecule has 0 aliphatic heterocycles. The summed E-state index contributed by atoms with van der Waals surface area (Å²) in [6.07, 6.45) is 10.5. The molecule has 0 spiro atoms. The van der Waals surface area contributed by atoms with Gasteiger partial charge < -0.3 is 9.64 Å². The lowest BCUT2D eigenvalue weighted by molar-refractivity contribution is 0.0156. The Balaban J connectivity index is 1.70. The van der Waals surface area contributed by atoms with E-state index >= 15 is 0 Å². The van der Waals surface area contributed by atoms with Crippen LogP contribution in [0.25, 0.3) is 0 Å². The van der Waals surface area contributed by atoms with Crippen LogP contribution in [0.3, 0.4) is 0 Å². The van der Waals surface area contributed by atoms with E-state index in [0.717, 1.165) is 57.4 Å². The van der Waals surface area contributed by atoms with Gasteiger partial charge in [0.2, 0.25) is 10.0 Å². The molecule has 188 valence electrons. The fraction of sp³-hybridized carbons (Fsp3) is 0.704. The zero-order chi connectivity index (χ0) is 24.5. The van der Waals surface area contributed by atoms with Gasteiger partial charge in [0, 0.05) is 26.2 Å². The van der Waals surface area contributed by atoms with Gasteiger partial charge in [0.15, 0.2) is 0 Å². The van der Waals surface area contributed by atoms with Crippen molar-refractivity contribution in [2.45, 2.75) is 94.6 Å². The first-order valence-electron chi connectivity index (χ1n) is 12.6. The highest BCUT2D eigenvalue weighted by Gasteiger charge is 2.32. The van der Waals surface area contributed by atoms with Crippen LogP contribution in [0.1, 0.15) is 77.7 Å². The SMILES string of the molecule is C=CCN(C)CCCCCCOC1CCC(N(C)S(=O)(=O)c2ccc(C(C)(C)C)cc2)CC1. The molecule has 1 aliphatic carbocycles.